The van der Waals surface area contributed by atoms with Crippen molar-refractivity contribution in [1.82, 2.24) is 0 Å². The summed E-state index contributed by atoms with van der Waals surface area (Å²) in [6.07, 6.45) is 14.5. The lowest BCUT2D eigenvalue weighted by Crippen LogP contribution is -2.61. The van der Waals surface area contributed by atoms with Gasteiger partial charge in [0.2, 0.25) is 0 Å². The van der Waals surface area contributed by atoms with Crippen LogP contribution in [0.2, 0.25) is 0 Å². The molecule has 0 aromatic carbocycles. The zero-order valence-corrected chi connectivity index (χ0v) is 22.0. The number of hydrogen-bond donors (Lipinski definition) is 1. The van der Waals surface area contributed by atoms with Crippen LogP contribution in [0.3, 0.4) is 0 Å². The van der Waals surface area contributed by atoms with Crippen LogP contribution < -0.4 is 0 Å². The highest BCUT2D eigenvalue weighted by molar-refractivity contribution is 5.38. The molecule has 7 atom stereocenters. The van der Waals surface area contributed by atoms with Crippen LogP contribution in [0.15, 0.2) is 11.1 Å². The lowest BCUT2D eigenvalue weighted by molar-refractivity contribution is -0.154. The van der Waals surface area contributed by atoms with Crippen LogP contribution >= 0.6 is 0 Å². The highest BCUT2D eigenvalue weighted by Gasteiger charge is 2.65. The van der Waals surface area contributed by atoms with E-state index < -0.39 is 0 Å². The molecule has 3 saturated carbocycles. The van der Waals surface area contributed by atoms with Crippen LogP contribution in [0.1, 0.15) is 126 Å². The second-order valence-electron chi connectivity index (χ2n) is 15.2. The Hall–Kier alpha value is -0.300. The molecule has 1 nitrogen and oxygen atoms in total. The van der Waals surface area contributed by atoms with E-state index in [0.717, 1.165) is 12.3 Å². The summed E-state index contributed by atoms with van der Waals surface area (Å²) < 4.78 is 0. The first kappa shape index (κ1) is 22.5. The van der Waals surface area contributed by atoms with E-state index in [2.05, 4.69) is 55.4 Å². The largest absolute Gasteiger partial charge is 0.393 e. The maximum absolute atomic E-state index is 10.9. The molecule has 2 unspecified atom stereocenters. The Morgan fingerprint density at radius 3 is 2.06 bits per heavy atom. The van der Waals surface area contributed by atoms with Crippen molar-refractivity contribution in [2.45, 2.75) is 132 Å². The van der Waals surface area contributed by atoms with Crippen LogP contribution in [0.4, 0.5) is 0 Å². The Morgan fingerprint density at radius 1 is 0.677 bits per heavy atom. The fraction of sp³-hybridized carbons (Fsp3) is 0.933. The zero-order valence-electron chi connectivity index (χ0n) is 22.0. The molecule has 1 heteroatoms. The third-order valence-corrected chi connectivity index (χ3v) is 13.0. The summed E-state index contributed by atoms with van der Waals surface area (Å²) in [5, 5.41) is 10.9. The minimum Gasteiger partial charge on any atom is -0.393 e. The summed E-state index contributed by atoms with van der Waals surface area (Å²) in [5.41, 5.74) is 6.02. The molecule has 1 N–H and O–H groups in total. The van der Waals surface area contributed by atoms with E-state index in [9.17, 15) is 5.11 Å². The van der Waals surface area contributed by atoms with Crippen LogP contribution in [-0.2, 0) is 0 Å². The van der Waals surface area contributed by atoms with Gasteiger partial charge in [0, 0.05) is 0 Å². The Bertz CT molecular complexity index is 803. The Labute approximate surface area is 192 Å². The fourth-order valence-corrected chi connectivity index (χ4v) is 10.4. The molecule has 0 amide bonds. The van der Waals surface area contributed by atoms with Crippen LogP contribution in [0.25, 0.3) is 0 Å². The van der Waals surface area contributed by atoms with Crippen molar-refractivity contribution in [3.8, 4) is 0 Å². The number of fused-ring (bicyclic) bond motifs is 6. The van der Waals surface area contributed by atoms with Crippen molar-refractivity contribution < 1.29 is 5.11 Å². The van der Waals surface area contributed by atoms with Gasteiger partial charge in [0.25, 0.3) is 0 Å². The SMILES string of the molecule is CC1(C)CC[C@]2(C)CC[C@]3(C)C4=C(CC[C@@]3(C)C2C1)[C@@]1(C)CC[C@H](O)C(C)(C)C1CC4. The highest BCUT2D eigenvalue weighted by atomic mass is 16.3. The maximum Gasteiger partial charge on any atom is 0.0594 e. The topological polar surface area (TPSA) is 20.2 Å². The number of hydrogen-bond acceptors (Lipinski definition) is 1. The molecule has 5 aliphatic carbocycles. The summed E-state index contributed by atoms with van der Waals surface area (Å²) in [7, 11) is 0. The first-order chi connectivity index (χ1) is 14.2. The second-order valence-corrected chi connectivity index (χ2v) is 15.2. The number of aliphatic hydroxyl groups excluding tert-OH is 1. The van der Waals surface area contributed by atoms with Gasteiger partial charge in [-0.25, -0.2) is 0 Å². The lowest BCUT2D eigenvalue weighted by atomic mass is 9.35. The van der Waals surface area contributed by atoms with Crippen molar-refractivity contribution in [1.29, 1.82) is 0 Å². The van der Waals surface area contributed by atoms with Gasteiger partial charge in [-0.15, -0.1) is 0 Å². The molecule has 3 fully saturated rings. The Kier molecular flexibility index (Phi) is 4.66. The zero-order chi connectivity index (χ0) is 22.7. The predicted molar refractivity (Wildman–Crippen MR) is 131 cm³/mol. The molecule has 0 bridgehead atoms. The molecule has 31 heavy (non-hydrogen) atoms. The van der Waals surface area contributed by atoms with Crippen molar-refractivity contribution in [2.75, 3.05) is 0 Å². The standard InChI is InChI=1S/C30H50O/c1-25(2)15-16-27(5)17-18-29(7)21-9-10-22-26(3,4)24(31)12-13-28(22,6)20(21)11-14-30(29,8)23(27)19-25/h22-24,31H,9-19H2,1-8H3/t22?,23?,24-,27+,28+,29+,30-/m0/s1. The summed E-state index contributed by atoms with van der Waals surface area (Å²) >= 11 is 0. The number of aliphatic hydroxyl groups is 1. The average molecular weight is 427 g/mol. The summed E-state index contributed by atoms with van der Waals surface area (Å²) in [4.78, 5) is 0. The normalized spacial score (nSPS) is 53.1. The summed E-state index contributed by atoms with van der Waals surface area (Å²) in [6.45, 7) is 20.5. The molecule has 0 heterocycles. The number of rotatable bonds is 0. The fourth-order valence-electron chi connectivity index (χ4n) is 10.4. The van der Waals surface area contributed by atoms with Gasteiger partial charge in [-0.2, -0.15) is 0 Å². The van der Waals surface area contributed by atoms with E-state index >= 15 is 0 Å². The minimum absolute atomic E-state index is 0.0473. The highest BCUT2D eigenvalue weighted by Crippen LogP contribution is 2.75. The molecule has 0 spiro atoms. The summed E-state index contributed by atoms with van der Waals surface area (Å²) in [5.74, 6) is 1.50. The van der Waals surface area contributed by atoms with Crippen LogP contribution in [0.5, 0.6) is 0 Å². The molecular weight excluding hydrogens is 376 g/mol. The maximum atomic E-state index is 10.9. The van der Waals surface area contributed by atoms with Gasteiger partial charge in [0.1, 0.15) is 0 Å². The van der Waals surface area contributed by atoms with Crippen molar-refractivity contribution in [2.24, 2.45) is 44.3 Å². The van der Waals surface area contributed by atoms with Crippen LogP contribution in [0, 0.1) is 44.3 Å². The molecule has 0 aliphatic heterocycles. The Balaban J connectivity index is 1.59. The molecule has 0 saturated heterocycles. The first-order valence-electron chi connectivity index (χ1n) is 13.6. The first-order valence-corrected chi connectivity index (χ1v) is 13.6. The van der Waals surface area contributed by atoms with Gasteiger partial charge in [0.15, 0.2) is 0 Å². The molecule has 176 valence electrons. The van der Waals surface area contributed by atoms with E-state index in [4.69, 9.17) is 0 Å². The molecule has 0 aromatic heterocycles. The molecular formula is C30H50O. The van der Waals surface area contributed by atoms with Crippen molar-refractivity contribution in [3.05, 3.63) is 11.1 Å². The Morgan fingerprint density at radius 2 is 1.35 bits per heavy atom. The van der Waals surface area contributed by atoms with Gasteiger partial charge in [-0.05, 0) is 115 Å². The van der Waals surface area contributed by atoms with Gasteiger partial charge in [-0.3, -0.25) is 0 Å². The van der Waals surface area contributed by atoms with E-state index in [-0.39, 0.29) is 11.5 Å². The average Bonchev–Trinajstić information content (AvgIpc) is 2.68. The van der Waals surface area contributed by atoms with Gasteiger partial charge < -0.3 is 5.11 Å². The van der Waals surface area contributed by atoms with E-state index in [1.807, 2.05) is 11.1 Å². The van der Waals surface area contributed by atoms with Gasteiger partial charge in [-0.1, -0.05) is 66.5 Å². The molecule has 5 aliphatic rings. The minimum atomic E-state index is -0.128. The van der Waals surface area contributed by atoms with E-state index in [1.54, 1.807) is 0 Å². The molecule has 0 aromatic rings. The van der Waals surface area contributed by atoms with Crippen molar-refractivity contribution >= 4 is 0 Å². The van der Waals surface area contributed by atoms with Crippen molar-refractivity contribution in [3.63, 3.8) is 0 Å². The third kappa shape index (κ3) is 2.77. The predicted octanol–water partition coefficient (Wildman–Crippen LogP) is 8.31. The monoisotopic (exact) mass is 426 g/mol. The number of allylic oxidation sites excluding steroid dienone is 2. The smallest absolute Gasteiger partial charge is 0.0594 e. The second kappa shape index (κ2) is 6.43. The van der Waals surface area contributed by atoms with Gasteiger partial charge >= 0.3 is 0 Å². The quantitative estimate of drug-likeness (QED) is 0.386. The third-order valence-electron chi connectivity index (χ3n) is 13.0. The molecule has 0 radical (unpaired) electrons. The van der Waals surface area contributed by atoms with E-state index in [1.165, 1.54) is 64.2 Å². The molecule has 5 rings (SSSR count). The lowest BCUT2D eigenvalue weighted by Gasteiger charge is -2.69. The van der Waals surface area contributed by atoms with Gasteiger partial charge in [0.05, 0.1) is 6.10 Å². The summed E-state index contributed by atoms with van der Waals surface area (Å²) in [6, 6.07) is 0. The van der Waals surface area contributed by atoms with Crippen LogP contribution in [-0.4, -0.2) is 11.2 Å². The van der Waals surface area contributed by atoms with E-state index in [0.29, 0.717) is 33.0 Å².